The molecule has 0 aromatic heterocycles. The molecular weight excluding hydrogens is 170 g/mol. The lowest BCUT2D eigenvalue weighted by atomic mass is 10.1. The third-order valence-corrected chi connectivity index (χ3v) is 3.55. The first kappa shape index (κ1) is 12.3. The maximum Gasteiger partial charge on any atom is 0.136 e. The molecule has 1 unspecified atom stereocenters. The summed E-state index contributed by atoms with van der Waals surface area (Å²) in [6.45, 7) is 12.2. The molecule has 0 bridgehead atoms. The summed E-state index contributed by atoms with van der Waals surface area (Å²) in [5.41, 5.74) is 0. The highest BCUT2D eigenvalue weighted by Gasteiger charge is 2.28. The van der Waals surface area contributed by atoms with Crippen LogP contribution in [0.2, 0.25) is 0 Å². The normalized spacial score (nSPS) is 18.0. The number of nitrogens with one attached hydrogen (secondary N) is 1. The molecule has 0 rings (SSSR count). The van der Waals surface area contributed by atoms with Crippen LogP contribution in [0.1, 0.15) is 41.5 Å². The fourth-order valence-electron chi connectivity index (χ4n) is 0.482. The van der Waals surface area contributed by atoms with Gasteiger partial charge in [0.25, 0.3) is 0 Å². The maximum absolute atomic E-state index is 11.6. The molecule has 0 amide bonds. The summed E-state index contributed by atoms with van der Waals surface area (Å²) < 4.78 is 14.5. The van der Waals surface area contributed by atoms with E-state index in [0.29, 0.717) is 12.0 Å². The third-order valence-electron chi connectivity index (χ3n) is 1.85. The first-order valence-corrected chi connectivity index (χ1v) is 5.58. The fourth-order valence-corrected chi connectivity index (χ4v) is 1.45. The maximum atomic E-state index is 11.6. The molecule has 0 fully saturated rings. The van der Waals surface area contributed by atoms with Crippen molar-refractivity contribution in [2.75, 3.05) is 0 Å². The van der Waals surface area contributed by atoms with E-state index in [0.717, 1.165) is 0 Å². The zero-order chi connectivity index (χ0) is 9.94. The monoisotopic (exact) mass is 191 g/mol. The zero-order valence-corrected chi connectivity index (χ0v) is 9.79. The molecule has 0 heterocycles. The van der Waals surface area contributed by atoms with Crippen molar-refractivity contribution < 1.29 is 4.55 Å². The van der Waals surface area contributed by atoms with Crippen molar-refractivity contribution in [3.8, 4) is 0 Å². The van der Waals surface area contributed by atoms with Crippen LogP contribution >= 0.6 is 0 Å². The van der Waals surface area contributed by atoms with E-state index in [1.54, 1.807) is 0 Å². The third kappa shape index (κ3) is 4.33. The lowest BCUT2D eigenvalue weighted by Gasteiger charge is -2.27. The number of rotatable bonds is 3. The van der Waals surface area contributed by atoms with Crippen molar-refractivity contribution in [1.29, 1.82) is 0 Å². The smallest absolute Gasteiger partial charge is 0.136 e. The van der Waals surface area contributed by atoms with Gasteiger partial charge in [-0.25, -0.2) is 0 Å². The van der Waals surface area contributed by atoms with E-state index in [1.807, 2.05) is 20.8 Å². The number of hydrogen-bond acceptors (Lipinski definition) is 2. The van der Waals surface area contributed by atoms with Crippen LogP contribution < -0.4 is 4.72 Å². The Bertz CT molecular complexity index is 131. The Morgan fingerprint density at radius 3 is 1.83 bits per heavy atom. The average Bonchev–Trinajstić information content (AvgIpc) is 1.85. The minimum absolute atomic E-state index is 0.164. The van der Waals surface area contributed by atoms with Crippen LogP contribution in [-0.4, -0.2) is 15.3 Å². The van der Waals surface area contributed by atoms with Crippen LogP contribution in [0.25, 0.3) is 0 Å². The minimum atomic E-state index is -0.938. The highest BCUT2D eigenvalue weighted by Crippen LogP contribution is 2.15. The molecule has 74 valence electrons. The Kier molecular flexibility index (Phi) is 4.59. The van der Waals surface area contributed by atoms with Gasteiger partial charge < -0.3 is 4.55 Å². The summed E-state index contributed by atoms with van der Waals surface area (Å²) in [6, 6.07) is 0.310. The lowest BCUT2D eigenvalue weighted by molar-refractivity contribution is 0.464. The Morgan fingerprint density at radius 2 is 1.58 bits per heavy atom. The zero-order valence-electron chi connectivity index (χ0n) is 8.97. The van der Waals surface area contributed by atoms with Crippen molar-refractivity contribution in [2.45, 2.75) is 52.3 Å². The van der Waals surface area contributed by atoms with Gasteiger partial charge in [0.05, 0.1) is 6.04 Å². The first-order chi connectivity index (χ1) is 5.25. The molecule has 12 heavy (non-hydrogen) atoms. The van der Waals surface area contributed by atoms with Crippen molar-refractivity contribution in [2.24, 2.45) is 5.92 Å². The molecule has 0 spiro atoms. The van der Waals surface area contributed by atoms with Gasteiger partial charge in [-0.1, -0.05) is 13.8 Å². The van der Waals surface area contributed by atoms with E-state index in [-0.39, 0.29) is 4.75 Å². The van der Waals surface area contributed by atoms with E-state index in [9.17, 15) is 4.55 Å². The Balaban J connectivity index is 3.93. The second kappa shape index (κ2) is 4.49. The first-order valence-electron chi connectivity index (χ1n) is 4.43. The standard InChI is InChI=1S/C9H21NOS/c1-7(2)8(3)10-12(11)9(4,5)6/h7-8,10H,1-6H3/t8?,12-/m1/s1. The average molecular weight is 191 g/mol. The van der Waals surface area contributed by atoms with Gasteiger partial charge in [-0.2, -0.15) is 0 Å². The van der Waals surface area contributed by atoms with Crippen molar-refractivity contribution in [3.05, 3.63) is 0 Å². The van der Waals surface area contributed by atoms with Crippen LogP contribution in [0.4, 0.5) is 0 Å². The minimum Gasteiger partial charge on any atom is -0.598 e. The summed E-state index contributed by atoms with van der Waals surface area (Å²) in [4.78, 5) is 0. The number of hydrogen-bond donors (Lipinski definition) is 1. The summed E-state index contributed by atoms with van der Waals surface area (Å²) in [7, 11) is 0. The fraction of sp³-hybridized carbons (Fsp3) is 1.00. The predicted molar refractivity (Wildman–Crippen MR) is 55.3 cm³/mol. The van der Waals surface area contributed by atoms with Gasteiger partial charge in [-0.15, -0.1) is 4.72 Å². The highest BCUT2D eigenvalue weighted by atomic mass is 32.2. The van der Waals surface area contributed by atoms with E-state index in [2.05, 4.69) is 25.5 Å². The molecule has 3 heteroatoms. The predicted octanol–water partition coefficient (Wildman–Crippen LogP) is 2.08. The molecular formula is C9H21NOS. The second-order valence-corrected chi connectivity index (χ2v) is 6.53. The van der Waals surface area contributed by atoms with Gasteiger partial charge in [0.1, 0.15) is 4.75 Å². The quantitative estimate of drug-likeness (QED) is 0.693. The van der Waals surface area contributed by atoms with Crippen LogP contribution in [0.5, 0.6) is 0 Å². The molecule has 0 aliphatic carbocycles. The van der Waals surface area contributed by atoms with E-state index in [4.69, 9.17) is 0 Å². The van der Waals surface area contributed by atoms with Gasteiger partial charge in [0, 0.05) is 11.4 Å². The van der Waals surface area contributed by atoms with E-state index < -0.39 is 11.4 Å². The topological polar surface area (TPSA) is 35.1 Å². The molecule has 0 aromatic carbocycles. The Hall–Kier alpha value is 0.270. The summed E-state index contributed by atoms with van der Waals surface area (Å²) in [6.07, 6.45) is 0. The van der Waals surface area contributed by atoms with E-state index >= 15 is 0 Å². The van der Waals surface area contributed by atoms with Gasteiger partial charge in [0.15, 0.2) is 0 Å². The second-order valence-electron chi connectivity index (χ2n) is 4.53. The van der Waals surface area contributed by atoms with Gasteiger partial charge in [0.2, 0.25) is 0 Å². The molecule has 0 radical (unpaired) electrons. The van der Waals surface area contributed by atoms with Crippen LogP contribution in [0.3, 0.4) is 0 Å². The summed E-state index contributed by atoms with van der Waals surface area (Å²) in [5.74, 6) is 0.524. The molecule has 2 nitrogen and oxygen atoms in total. The van der Waals surface area contributed by atoms with E-state index in [1.165, 1.54) is 0 Å². The van der Waals surface area contributed by atoms with Crippen molar-refractivity contribution in [3.63, 3.8) is 0 Å². The van der Waals surface area contributed by atoms with Crippen molar-refractivity contribution in [1.82, 2.24) is 4.72 Å². The molecule has 2 atom stereocenters. The largest absolute Gasteiger partial charge is 0.598 e. The Labute approximate surface area is 79.4 Å². The molecule has 0 aliphatic rings. The summed E-state index contributed by atoms with van der Waals surface area (Å²) in [5, 5.41) is 0. The molecule has 0 saturated carbocycles. The molecule has 1 N–H and O–H groups in total. The Morgan fingerprint density at radius 1 is 1.17 bits per heavy atom. The van der Waals surface area contributed by atoms with Gasteiger partial charge in [-0.05, 0) is 33.6 Å². The van der Waals surface area contributed by atoms with Crippen LogP contribution in [0.15, 0.2) is 0 Å². The van der Waals surface area contributed by atoms with Crippen LogP contribution in [-0.2, 0) is 11.4 Å². The SMILES string of the molecule is CC(C)C(C)N[S@+]([O-])C(C)(C)C. The summed E-state index contributed by atoms with van der Waals surface area (Å²) >= 11 is -0.938. The lowest BCUT2D eigenvalue weighted by Crippen LogP contribution is -2.45. The van der Waals surface area contributed by atoms with Gasteiger partial charge in [-0.3, -0.25) is 0 Å². The highest BCUT2D eigenvalue weighted by molar-refractivity contribution is 7.90. The van der Waals surface area contributed by atoms with Crippen LogP contribution in [0, 0.1) is 5.92 Å². The molecule has 0 aromatic rings. The molecule has 0 saturated heterocycles. The van der Waals surface area contributed by atoms with Gasteiger partial charge >= 0.3 is 0 Å². The van der Waals surface area contributed by atoms with Crippen molar-refractivity contribution >= 4 is 11.4 Å². The molecule has 0 aliphatic heterocycles.